The van der Waals surface area contributed by atoms with Crippen molar-refractivity contribution in [2.45, 2.75) is 25.6 Å². The Hall–Kier alpha value is -2.11. The van der Waals surface area contributed by atoms with Crippen molar-refractivity contribution >= 4 is 10.9 Å². The van der Waals surface area contributed by atoms with E-state index in [1.807, 2.05) is 12.4 Å². The zero-order chi connectivity index (χ0) is 16.5. The van der Waals surface area contributed by atoms with E-state index in [0.717, 1.165) is 32.6 Å². The van der Waals surface area contributed by atoms with Gasteiger partial charge < -0.3 is 9.88 Å². The largest absolute Gasteiger partial charge is 0.361 e. The van der Waals surface area contributed by atoms with Crippen molar-refractivity contribution in [3.05, 3.63) is 54.0 Å². The molecule has 0 unspecified atom stereocenters. The van der Waals surface area contributed by atoms with Crippen LogP contribution in [-0.4, -0.2) is 51.7 Å². The summed E-state index contributed by atoms with van der Waals surface area (Å²) in [7, 11) is 4.27. The minimum Gasteiger partial charge on any atom is -0.361 e. The molecule has 126 valence electrons. The van der Waals surface area contributed by atoms with E-state index in [2.05, 4.69) is 69.0 Å². The SMILES string of the molecule is CN(C)CC[C@H]1CN(Cc2cccc3[nH]ccc23)Cc2ccnn21. The Kier molecular flexibility index (Phi) is 4.12. The molecular weight excluding hydrogens is 298 g/mol. The van der Waals surface area contributed by atoms with Gasteiger partial charge in [-0.05, 0) is 50.8 Å². The molecule has 1 aliphatic rings. The van der Waals surface area contributed by atoms with Crippen LogP contribution >= 0.6 is 0 Å². The molecule has 3 aromatic rings. The van der Waals surface area contributed by atoms with Crippen molar-refractivity contribution in [3.8, 4) is 0 Å². The standard InChI is InChI=1S/C19H25N5/c1-22(2)11-8-17-14-23(13-16-6-10-21-24(16)17)12-15-4-3-5-19-18(15)7-9-20-19/h3-7,9-10,17,20H,8,11-14H2,1-2H3/t17-/m0/s1. The van der Waals surface area contributed by atoms with Gasteiger partial charge in [0.2, 0.25) is 0 Å². The maximum Gasteiger partial charge on any atom is 0.0662 e. The minimum absolute atomic E-state index is 0.455. The number of hydrogen-bond acceptors (Lipinski definition) is 3. The molecule has 24 heavy (non-hydrogen) atoms. The second-order valence-electron chi connectivity index (χ2n) is 7.04. The molecule has 1 aromatic carbocycles. The highest BCUT2D eigenvalue weighted by Gasteiger charge is 2.25. The Morgan fingerprint density at radius 1 is 1.25 bits per heavy atom. The summed E-state index contributed by atoms with van der Waals surface area (Å²) >= 11 is 0. The number of hydrogen-bond donors (Lipinski definition) is 1. The van der Waals surface area contributed by atoms with Crippen molar-refractivity contribution in [2.75, 3.05) is 27.2 Å². The average molecular weight is 323 g/mol. The molecule has 5 nitrogen and oxygen atoms in total. The molecule has 1 N–H and O–H groups in total. The van der Waals surface area contributed by atoms with Crippen LogP contribution in [0.1, 0.15) is 23.7 Å². The summed E-state index contributed by atoms with van der Waals surface area (Å²) in [5.74, 6) is 0. The molecule has 0 radical (unpaired) electrons. The van der Waals surface area contributed by atoms with Crippen LogP contribution in [0.2, 0.25) is 0 Å². The molecule has 0 spiro atoms. The Labute approximate surface area is 142 Å². The number of aromatic nitrogens is 3. The molecular formula is C19H25N5. The van der Waals surface area contributed by atoms with Crippen molar-refractivity contribution in [1.29, 1.82) is 0 Å². The molecule has 1 aliphatic heterocycles. The van der Waals surface area contributed by atoms with Gasteiger partial charge in [0.05, 0.1) is 11.7 Å². The summed E-state index contributed by atoms with van der Waals surface area (Å²) < 4.78 is 2.23. The number of nitrogens with zero attached hydrogens (tertiary/aromatic N) is 4. The fourth-order valence-electron chi connectivity index (χ4n) is 3.74. The van der Waals surface area contributed by atoms with Crippen LogP contribution in [-0.2, 0) is 13.1 Å². The van der Waals surface area contributed by atoms with Crippen LogP contribution in [0.15, 0.2) is 42.7 Å². The molecule has 4 rings (SSSR count). The lowest BCUT2D eigenvalue weighted by molar-refractivity contribution is 0.155. The Morgan fingerprint density at radius 3 is 3.04 bits per heavy atom. The van der Waals surface area contributed by atoms with E-state index in [1.54, 1.807) is 0 Å². The summed E-state index contributed by atoms with van der Waals surface area (Å²) in [5, 5.41) is 5.90. The van der Waals surface area contributed by atoms with Gasteiger partial charge in [0.15, 0.2) is 0 Å². The highest BCUT2D eigenvalue weighted by molar-refractivity contribution is 5.82. The maximum absolute atomic E-state index is 4.57. The van der Waals surface area contributed by atoms with Crippen LogP contribution in [0.5, 0.6) is 0 Å². The van der Waals surface area contributed by atoms with Gasteiger partial charge in [0.1, 0.15) is 0 Å². The molecule has 3 heterocycles. The summed E-state index contributed by atoms with van der Waals surface area (Å²) in [6.45, 7) is 4.10. The molecule has 0 fully saturated rings. The van der Waals surface area contributed by atoms with Crippen molar-refractivity contribution in [2.24, 2.45) is 0 Å². The number of benzene rings is 1. The Balaban J connectivity index is 1.55. The number of nitrogens with one attached hydrogen (secondary N) is 1. The maximum atomic E-state index is 4.57. The smallest absolute Gasteiger partial charge is 0.0662 e. The normalized spacial score (nSPS) is 18.4. The van der Waals surface area contributed by atoms with E-state index in [9.17, 15) is 0 Å². The van der Waals surface area contributed by atoms with Gasteiger partial charge in [-0.15, -0.1) is 0 Å². The highest BCUT2D eigenvalue weighted by atomic mass is 15.4. The van der Waals surface area contributed by atoms with Crippen molar-refractivity contribution < 1.29 is 0 Å². The first kappa shape index (κ1) is 15.4. The molecule has 0 amide bonds. The monoisotopic (exact) mass is 323 g/mol. The summed E-state index contributed by atoms with van der Waals surface area (Å²) in [5.41, 5.74) is 3.94. The third-order valence-corrected chi connectivity index (χ3v) is 4.94. The minimum atomic E-state index is 0.455. The molecule has 0 saturated carbocycles. The quantitative estimate of drug-likeness (QED) is 0.785. The highest BCUT2D eigenvalue weighted by Crippen LogP contribution is 2.26. The van der Waals surface area contributed by atoms with Gasteiger partial charge in [-0.1, -0.05) is 12.1 Å². The van der Waals surface area contributed by atoms with E-state index < -0.39 is 0 Å². The first-order valence-electron chi connectivity index (χ1n) is 8.65. The Morgan fingerprint density at radius 2 is 2.17 bits per heavy atom. The zero-order valence-electron chi connectivity index (χ0n) is 14.4. The molecule has 0 bridgehead atoms. The lowest BCUT2D eigenvalue weighted by Crippen LogP contribution is -2.38. The topological polar surface area (TPSA) is 40.1 Å². The second kappa shape index (κ2) is 6.42. The van der Waals surface area contributed by atoms with Crippen LogP contribution in [0.25, 0.3) is 10.9 Å². The predicted octanol–water partition coefficient (Wildman–Crippen LogP) is 2.87. The summed E-state index contributed by atoms with van der Waals surface area (Å²) in [6.07, 6.45) is 5.10. The zero-order valence-corrected chi connectivity index (χ0v) is 14.4. The second-order valence-corrected chi connectivity index (χ2v) is 7.04. The molecule has 0 saturated heterocycles. The van der Waals surface area contributed by atoms with Gasteiger partial charge >= 0.3 is 0 Å². The predicted molar refractivity (Wildman–Crippen MR) is 96.8 cm³/mol. The average Bonchev–Trinajstić information content (AvgIpc) is 3.21. The van der Waals surface area contributed by atoms with Crippen molar-refractivity contribution in [3.63, 3.8) is 0 Å². The fourth-order valence-corrected chi connectivity index (χ4v) is 3.74. The lowest BCUT2D eigenvalue weighted by Gasteiger charge is -2.34. The number of rotatable bonds is 5. The first-order chi connectivity index (χ1) is 11.7. The van der Waals surface area contributed by atoms with Gasteiger partial charge in [-0.3, -0.25) is 9.58 Å². The first-order valence-corrected chi connectivity index (χ1v) is 8.65. The lowest BCUT2D eigenvalue weighted by atomic mass is 10.1. The van der Waals surface area contributed by atoms with Crippen LogP contribution in [0, 0.1) is 0 Å². The van der Waals surface area contributed by atoms with E-state index >= 15 is 0 Å². The Bertz CT molecular complexity index is 816. The van der Waals surface area contributed by atoms with Gasteiger partial charge in [0, 0.05) is 42.9 Å². The van der Waals surface area contributed by atoms with E-state index in [0.29, 0.717) is 6.04 Å². The van der Waals surface area contributed by atoms with Gasteiger partial charge in [-0.25, -0.2) is 0 Å². The number of fused-ring (bicyclic) bond motifs is 2. The molecule has 5 heteroatoms. The van der Waals surface area contributed by atoms with Crippen LogP contribution in [0.4, 0.5) is 0 Å². The van der Waals surface area contributed by atoms with E-state index in [4.69, 9.17) is 0 Å². The van der Waals surface area contributed by atoms with Crippen LogP contribution < -0.4 is 0 Å². The molecule has 2 aromatic heterocycles. The van der Waals surface area contributed by atoms with Gasteiger partial charge in [0.25, 0.3) is 0 Å². The summed E-state index contributed by atoms with van der Waals surface area (Å²) in [6, 6.07) is 11.3. The molecule has 1 atom stereocenters. The number of aromatic amines is 1. The molecule has 0 aliphatic carbocycles. The van der Waals surface area contributed by atoms with E-state index in [-0.39, 0.29) is 0 Å². The van der Waals surface area contributed by atoms with E-state index in [1.165, 1.54) is 22.2 Å². The number of H-pyrrole nitrogens is 1. The third kappa shape index (κ3) is 2.97. The van der Waals surface area contributed by atoms with Crippen LogP contribution in [0.3, 0.4) is 0 Å². The fraction of sp³-hybridized carbons (Fsp3) is 0.421. The summed E-state index contributed by atoms with van der Waals surface area (Å²) in [4.78, 5) is 8.12. The van der Waals surface area contributed by atoms with Gasteiger partial charge in [-0.2, -0.15) is 5.10 Å². The third-order valence-electron chi connectivity index (χ3n) is 4.94. The van der Waals surface area contributed by atoms with Crippen molar-refractivity contribution in [1.82, 2.24) is 24.6 Å².